The van der Waals surface area contributed by atoms with Gasteiger partial charge in [0.2, 0.25) is 35.4 Å². The van der Waals surface area contributed by atoms with Crippen molar-refractivity contribution in [3.8, 4) is 0 Å². The van der Waals surface area contributed by atoms with E-state index in [-0.39, 0.29) is 61.6 Å². The van der Waals surface area contributed by atoms with Gasteiger partial charge in [0.1, 0.15) is 24.2 Å². The Balaban J connectivity index is 0.915. The maximum atomic E-state index is 14.9. The third kappa shape index (κ3) is 13.2. The minimum Gasteiger partial charge on any atom is -0.347 e. The molecule has 2 aliphatic carbocycles. The molecule has 4 aromatic carbocycles. The molecule has 446 valence electrons. The molecular weight excluding hydrogens is 1060 g/mol. The van der Waals surface area contributed by atoms with Crippen LogP contribution in [0.5, 0.6) is 0 Å². The Morgan fingerprint density at radius 1 is 0.583 bits per heavy atom. The molecule has 5 aromatic rings. The Morgan fingerprint density at radius 3 is 1.69 bits per heavy atom. The van der Waals surface area contributed by atoms with Crippen molar-refractivity contribution in [1.29, 1.82) is 0 Å². The van der Waals surface area contributed by atoms with Crippen LogP contribution in [-0.4, -0.2) is 125 Å². The largest absolute Gasteiger partial charge is 0.347 e. The molecule has 0 radical (unpaired) electrons. The van der Waals surface area contributed by atoms with Gasteiger partial charge in [0.25, 0.3) is 5.91 Å². The molecule has 84 heavy (non-hydrogen) atoms. The maximum Gasteiger partial charge on any atom is 0.326 e. The number of hydrogen-bond donors (Lipinski definition) is 8. The number of aryl methyl sites for hydroxylation is 2. The highest BCUT2D eigenvalue weighted by Crippen LogP contribution is 2.35. The first-order valence-electron chi connectivity index (χ1n) is 29.6. The quantitative estimate of drug-likeness (QED) is 0.0579. The molecule has 0 saturated carbocycles. The van der Waals surface area contributed by atoms with Crippen LogP contribution in [-0.2, 0) is 54.6 Å². The standard InChI is InChI=1S/C65H83N11O8/c1-37(66-9)56(77)72-54(64(3,4)5)61(82)75-35-44-32-45(27-25-41(44)33-52(75)59(80)70-49-23-15-19-39-17-11-13-21-47(39)49)68-58(79)43-26-28-51-42(31-43)29-30-74(51)63(84)69-46-34-53(60(81)71-50-24-16-20-40-18-12-14-22-48(40)50)76(36-46)62(83)55(65(6,7)8)73-57(78)38(2)67-10/h11-14,17-18,21-22,25-32,37-38,46,49-50,52-55,66-67H,15-16,19-20,23-24,33-36H2,1-10H3,(H,68,79)(H,69,84)(H,70,80)(H,71,81)(H,72,77)(H,73,78)/t37-,38-,46?,49?,50?,52-,53-,54+,55+/m0/s1. The van der Waals surface area contributed by atoms with Gasteiger partial charge >= 0.3 is 6.03 Å². The van der Waals surface area contributed by atoms with Gasteiger partial charge in [-0.15, -0.1) is 0 Å². The topological polar surface area (TPSA) is 244 Å². The first-order chi connectivity index (χ1) is 39.9. The van der Waals surface area contributed by atoms with Crippen LogP contribution in [0.1, 0.15) is 143 Å². The summed E-state index contributed by atoms with van der Waals surface area (Å²) in [5.41, 5.74) is 5.93. The van der Waals surface area contributed by atoms with Crippen molar-refractivity contribution in [1.82, 2.24) is 51.6 Å². The van der Waals surface area contributed by atoms with Gasteiger partial charge in [-0.1, -0.05) is 96.1 Å². The predicted octanol–water partition coefficient (Wildman–Crippen LogP) is 6.34. The molecule has 1 fully saturated rings. The van der Waals surface area contributed by atoms with E-state index in [0.29, 0.717) is 22.2 Å². The van der Waals surface area contributed by atoms with E-state index < -0.39 is 76.9 Å². The fourth-order valence-corrected chi connectivity index (χ4v) is 12.2. The number of carbonyl (C=O) groups excluding carboxylic acids is 8. The molecule has 1 saturated heterocycles. The van der Waals surface area contributed by atoms with E-state index in [9.17, 15) is 38.4 Å². The van der Waals surface area contributed by atoms with E-state index in [4.69, 9.17) is 0 Å². The Kier molecular flexibility index (Phi) is 18.2. The molecule has 9 rings (SSSR count). The Bertz CT molecular complexity index is 3340. The molecule has 8 amide bonds. The van der Waals surface area contributed by atoms with E-state index in [1.54, 1.807) is 69.4 Å². The Morgan fingerprint density at radius 2 is 1.13 bits per heavy atom. The highest BCUT2D eigenvalue weighted by molar-refractivity contribution is 6.07. The van der Waals surface area contributed by atoms with Gasteiger partial charge in [0, 0.05) is 42.3 Å². The van der Waals surface area contributed by atoms with Crippen LogP contribution in [0.2, 0.25) is 0 Å². The number of nitrogens with zero attached hydrogens (tertiary/aromatic N) is 3. The fourth-order valence-electron chi connectivity index (χ4n) is 12.2. The molecule has 4 aliphatic rings. The molecule has 2 aliphatic heterocycles. The van der Waals surface area contributed by atoms with E-state index in [0.717, 1.165) is 60.8 Å². The molecule has 9 atom stereocenters. The number of carbonyl (C=O) groups is 8. The van der Waals surface area contributed by atoms with Crippen LogP contribution in [0.3, 0.4) is 0 Å². The number of likely N-dealkylation sites (N-methyl/N-ethyl adjacent to an activating group) is 2. The summed E-state index contributed by atoms with van der Waals surface area (Å²) < 4.78 is 1.43. The van der Waals surface area contributed by atoms with Crippen LogP contribution >= 0.6 is 0 Å². The van der Waals surface area contributed by atoms with Gasteiger partial charge in [-0.25, -0.2) is 4.79 Å². The third-order valence-electron chi connectivity index (χ3n) is 17.4. The van der Waals surface area contributed by atoms with Crippen LogP contribution in [0.25, 0.3) is 10.9 Å². The van der Waals surface area contributed by atoms with Crippen molar-refractivity contribution in [2.45, 2.75) is 168 Å². The lowest BCUT2D eigenvalue weighted by atomic mass is 9.83. The Labute approximate surface area is 492 Å². The predicted molar refractivity (Wildman–Crippen MR) is 323 cm³/mol. The zero-order valence-electron chi connectivity index (χ0n) is 50.1. The van der Waals surface area contributed by atoms with Crippen molar-refractivity contribution < 1.29 is 38.4 Å². The third-order valence-corrected chi connectivity index (χ3v) is 17.4. The van der Waals surface area contributed by atoms with Gasteiger partial charge < -0.3 is 52.3 Å². The van der Waals surface area contributed by atoms with Gasteiger partial charge in [-0.3, -0.25) is 38.1 Å². The number of nitrogens with one attached hydrogen (secondary N) is 8. The smallest absolute Gasteiger partial charge is 0.326 e. The summed E-state index contributed by atoms with van der Waals surface area (Å²) in [6.45, 7) is 14.7. The summed E-state index contributed by atoms with van der Waals surface area (Å²) in [6, 6.07) is 21.8. The summed E-state index contributed by atoms with van der Waals surface area (Å²) >= 11 is 0. The second kappa shape index (κ2) is 25.1. The number of benzene rings is 4. The lowest BCUT2D eigenvalue weighted by Crippen LogP contribution is -2.62. The number of rotatable bonds is 15. The number of hydrogen-bond acceptors (Lipinski definition) is 10. The molecule has 19 heteroatoms. The summed E-state index contributed by atoms with van der Waals surface area (Å²) in [7, 11) is 3.33. The van der Waals surface area contributed by atoms with E-state index in [1.807, 2.05) is 90.1 Å². The number of anilines is 1. The lowest BCUT2D eigenvalue weighted by Gasteiger charge is -2.42. The monoisotopic (exact) mass is 1150 g/mol. The van der Waals surface area contributed by atoms with Crippen LogP contribution in [0.15, 0.2) is 97.2 Å². The second-order valence-electron chi connectivity index (χ2n) is 25.4. The number of aromatic nitrogens is 1. The van der Waals surface area contributed by atoms with Gasteiger partial charge in [0.05, 0.1) is 35.7 Å². The SMILES string of the molecule is CN[C@@H](C)C(=O)N[C@H](C(=O)N1Cc2cc(NC(=O)c3ccc4c(ccn4C(=O)NC4C[C@@H](C(=O)NC5CCCc6ccccc65)N(C(=O)[C@@H](NC(=O)[C@H](C)NC)C(C)(C)C)C4)c3)ccc2C[C@H]1C(=O)NC1CCCc2ccccc21)C(C)(C)C. The van der Waals surface area contributed by atoms with Gasteiger partial charge in [0.15, 0.2) is 0 Å². The highest BCUT2D eigenvalue weighted by Gasteiger charge is 2.47. The normalized spacial score (nSPS) is 20.9. The maximum absolute atomic E-state index is 14.9. The summed E-state index contributed by atoms with van der Waals surface area (Å²) in [5.74, 6) is -2.55. The molecular formula is C65H83N11O8. The molecule has 1 aromatic heterocycles. The minimum atomic E-state index is -0.979. The van der Waals surface area contributed by atoms with Crippen molar-refractivity contribution in [2.75, 3.05) is 26.0 Å². The van der Waals surface area contributed by atoms with Crippen LogP contribution in [0.4, 0.5) is 10.5 Å². The molecule has 8 N–H and O–H groups in total. The zero-order chi connectivity index (χ0) is 60.4. The zero-order valence-corrected chi connectivity index (χ0v) is 50.1. The number of amides is 8. The van der Waals surface area contributed by atoms with E-state index in [1.165, 1.54) is 20.6 Å². The first kappa shape index (κ1) is 60.7. The molecule has 3 unspecified atom stereocenters. The van der Waals surface area contributed by atoms with Gasteiger partial charge in [-0.05, 0) is 153 Å². The molecule has 3 heterocycles. The van der Waals surface area contributed by atoms with E-state index in [2.05, 4.69) is 54.7 Å². The van der Waals surface area contributed by atoms with Crippen molar-refractivity contribution in [2.24, 2.45) is 10.8 Å². The minimum absolute atomic E-state index is 0.0201. The fraction of sp³-hybridized carbons (Fsp3) is 0.477. The molecule has 19 nitrogen and oxygen atoms in total. The molecule has 0 bridgehead atoms. The van der Waals surface area contributed by atoms with Crippen molar-refractivity contribution in [3.05, 3.63) is 136 Å². The highest BCUT2D eigenvalue weighted by atomic mass is 16.2. The first-order valence-corrected chi connectivity index (χ1v) is 29.6. The number of fused-ring (bicyclic) bond motifs is 4. The van der Waals surface area contributed by atoms with Crippen molar-refractivity contribution >= 4 is 64.0 Å². The number of likely N-dealkylation sites (tertiary alicyclic amines) is 1. The Hall–Kier alpha value is -7.90. The average molecular weight is 1150 g/mol. The van der Waals surface area contributed by atoms with Crippen LogP contribution < -0.4 is 42.5 Å². The summed E-state index contributed by atoms with van der Waals surface area (Å²) in [5, 5.41) is 25.0. The summed E-state index contributed by atoms with van der Waals surface area (Å²) in [4.78, 5) is 117. The molecule has 0 spiro atoms. The van der Waals surface area contributed by atoms with Crippen LogP contribution in [0, 0.1) is 10.8 Å². The summed E-state index contributed by atoms with van der Waals surface area (Å²) in [6.07, 6.45) is 7.11. The van der Waals surface area contributed by atoms with Crippen molar-refractivity contribution in [3.63, 3.8) is 0 Å². The van der Waals surface area contributed by atoms with Gasteiger partial charge in [-0.2, -0.15) is 0 Å². The van der Waals surface area contributed by atoms with E-state index >= 15 is 0 Å². The lowest BCUT2D eigenvalue weighted by molar-refractivity contribution is -0.147. The average Bonchev–Trinajstić information content (AvgIpc) is 2.06. The second-order valence-corrected chi connectivity index (χ2v) is 25.4.